The van der Waals surface area contributed by atoms with Gasteiger partial charge in [-0.05, 0) is 31.2 Å². The molecule has 1 N–H and O–H groups in total. The third-order valence-corrected chi connectivity index (χ3v) is 3.15. The molecular formula is C16H16N4O. The maximum absolute atomic E-state index is 12.6. The minimum atomic E-state index is -0.181. The summed E-state index contributed by atoms with van der Waals surface area (Å²) in [5.74, 6) is 0.458. The summed E-state index contributed by atoms with van der Waals surface area (Å²) < 4.78 is 0. The topological polar surface area (TPSA) is 69.0 Å². The lowest BCUT2D eigenvalue weighted by Gasteiger charge is -2.19. The highest BCUT2D eigenvalue weighted by molar-refractivity contribution is 6.06. The number of nitrogens with one attached hydrogen (secondary N) is 1. The Hall–Kier alpha value is -2.87. The Morgan fingerprint density at radius 3 is 2.71 bits per heavy atom. The molecule has 0 aliphatic carbocycles. The van der Waals surface area contributed by atoms with Crippen LogP contribution in [-0.2, 0) is 0 Å². The first-order chi connectivity index (χ1) is 10.1. The Morgan fingerprint density at radius 1 is 1.33 bits per heavy atom. The highest BCUT2D eigenvalue weighted by atomic mass is 16.2. The van der Waals surface area contributed by atoms with E-state index in [1.807, 2.05) is 6.92 Å². The molecule has 1 heterocycles. The fourth-order valence-corrected chi connectivity index (χ4v) is 2.08. The quantitative estimate of drug-likeness (QED) is 0.938. The maximum atomic E-state index is 12.6. The zero-order valence-electron chi connectivity index (χ0n) is 12.2. The average Bonchev–Trinajstić information content (AvgIpc) is 2.52. The van der Waals surface area contributed by atoms with Crippen LogP contribution < -0.4 is 10.2 Å². The number of hydrogen-bond donors (Lipinski definition) is 1. The van der Waals surface area contributed by atoms with E-state index in [0.29, 0.717) is 22.6 Å². The summed E-state index contributed by atoms with van der Waals surface area (Å²) in [7, 11) is 3.41. The molecule has 2 aromatic rings. The van der Waals surface area contributed by atoms with E-state index in [1.54, 1.807) is 50.5 Å². The summed E-state index contributed by atoms with van der Waals surface area (Å²) in [6, 6.07) is 12.5. The number of benzene rings is 1. The van der Waals surface area contributed by atoms with Crippen molar-refractivity contribution in [1.82, 2.24) is 4.98 Å². The first-order valence-corrected chi connectivity index (χ1v) is 6.50. The second kappa shape index (κ2) is 6.06. The van der Waals surface area contributed by atoms with Gasteiger partial charge in [-0.1, -0.05) is 12.1 Å². The van der Waals surface area contributed by atoms with E-state index in [2.05, 4.69) is 16.4 Å². The van der Waals surface area contributed by atoms with Gasteiger partial charge < -0.3 is 10.2 Å². The predicted octanol–water partition coefficient (Wildman–Crippen LogP) is 2.58. The van der Waals surface area contributed by atoms with E-state index in [0.717, 1.165) is 5.69 Å². The Bertz CT molecular complexity index is 718. The van der Waals surface area contributed by atoms with Crippen LogP contribution in [0.2, 0.25) is 0 Å². The fraction of sp³-hybridized carbons (Fsp3) is 0.188. The Kier molecular flexibility index (Phi) is 4.19. The van der Waals surface area contributed by atoms with Crippen LogP contribution in [0.4, 0.5) is 11.5 Å². The SMILES string of the molecule is CNc1cc(C(=O)N(C)c2ccccc2C#N)cc(C)n1. The van der Waals surface area contributed by atoms with Gasteiger partial charge in [-0.3, -0.25) is 4.79 Å². The van der Waals surface area contributed by atoms with Crippen LogP contribution in [0, 0.1) is 18.3 Å². The van der Waals surface area contributed by atoms with Crippen molar-refractivity contribution in [2.24, 2.45) is 0 Å². The number of aryl methyl sites for hydroxylation is 1. The lowest BCUT2D eigenvalue weighted by molar-refractivity contribution is 0.0993. The van der Waals surface area contributed by atoms with Crippen molar-refractivity contribution in [2.75, 3.05) is 24.3 Å². The number of rotatable bonds is 3. The van der Waals surface area contributed by atoms with Gasteiger partial charge in [0.15, 0.2) is 0 Å². The second-order valence-electron chi connectivity index (χ2n) is 4.63. The smallest absolute Gasteiger partial charge is 0.258 e. The molecule has 0 saturated heterocycles. The maximum Gasteiger partial charge on any atom is 0.258 e. The van der Waals surface area contributed by atoms with Crippen molar-refractivity contribution in [3.05, 3.63) is 53.2 Å². The number of para-hydroxylation sites is 1. The summed E-state index contributed by atoms with van der Waals surface area (Å²) in [6.07, 6.45) is 0. The molecule has 106 valence electrons. The Balaban J connectivity index is 2.40. The highest BCUT2D eigenvalue weighted by Gasteiger charge is 2.17. The molecule has 0 radical (unpaired) electrons. The molecule has 1 aromatic carbocycles. The van der Waals surface area contributed by atoms with E-state index in [9.17, 15) is 4.79 Å². The van der Waals surface area contributed by atoms with Gasteiger partial charge >= 0.3 is 0 Å². The van der Waals surface area contributed by atoms with Gasteiger partial charge in [-0.15, -0.1) is 0 Å². The Labute approximate surface area is 123 Å². The van der Waals surface area contributed by atoms with Gasteiger partial charge in [0, 0.05) is 25.4 Å². The van der Waals surface area contributed by atoms with Gasteiger partial charge in [0.05, 0.1) is 11.3 Å². The van der Waals surface area contributed by atoms with Gasteiger partial charge in [-0.25, -0.2) is 4.98 Å². The van der Waals surface area contributed by atoms with Crippen molar-refractivity contribution >= 4 is 17.4 Å². The molecule has 5 heteroatoms. The van der Waals surface area contributed by atoms with Gasteiger partial charge in [0.25, 0.3) is 5.91 Å². The molecule has 1 amide bonds. The van der Waals surface area contributed by atoms with Crippen molar-refractivity contribution in [1.29, 1.82) is 5.26 Å². The molecule has 0 unspecified atom stereocenters. The van der Waals surface area contributed by atoms with E-state index < -0.39 is 0 Å². The molecule has 21 heavy (non-hydrogen) atoms. The number of hydrogen-bond acceptors (Lipinski definition) is 4. The van der Waals surface area contributed by atoms with E-state index in [4.69, 9.17) is 5.26 Å². The molecule has 0 fully saturated rings. The van der Waals surface area contributed by atoms with Crippen molar-refractivity contribution in [2.45, 2.75) is 6.92 Å². The number of carbonyl (C=O) groups excluding carboxylic acids is 1. The molecule has 1 aromatic heterocycles. The number of amides is 1. The minimum Gasteiger partial charge on any atom is -0.373 e. The van der Waals surface area contributed by atoms with Crippen molar-refractivity contribution in [3.8, 4) is 6.07 Å². The third kappa shape index (κ3) is 3.00. The first-order valence-electron chi connectivity index (χ1n) is 6.50. The molecule has 0 spiro atoms. The van der Waals surface area contributed by atoms with Crippen LogP contribution in [0.15, 0.2) is 36.4 Å². The van der Waals surface area contributed by atoms with Crippen LogP contribution in [0.3, 0.4) is 0 Å². The number of pyridine rings is 1. The summed E-state index contributed by atoms with van der Waals surface area (Å²) in [5.41, 5.74) is 2.34. The van der Waals surface area contributed by atoms with Crippen LogP contribution in [0.25, 0.3) is 0 Å². The zero-order valence-corrected chi connectivity index (χ0v) is 12.2. The molecule has 0 aliphatic rings. The largest absolute Gasteiger partial charge is 0.373 e. The first kappa shape index (κ1) is 14.5. The standard InChI is InChI=1S/C16H16N4O/c1-11-8-13(9-15(18-2)19-11)16(21)20(3)14-7-5-4-6-12(14)10-17/h4-9H,1-3H3,(H,18,19). The lowest BCUT2D eigenvalue weighted by atomic mass is 10.1. The van der Waals surface area contributed by atoms with E-state index in [1.165, 1.54) is 4.90 Å². The average molecular weight is 280 g/mol. The summed E-state index contributed by atoms with van der Waals surface area (Å²) >= 11 is 0. The summed E-state index contributed by atoms with van der Waals surface area (Å²) in [4.78, 5) is 18.3. The Morgan fingerprint density at radius 2 is 2.05 bits per heavy atom. The van der Waals surface area contributed by atoms with Crippen molar-refractivity contribution in [3.63, 3.8) is 0 Å². The molecular weight excluding hydrogens is 264 g/mol. The van der Waals surface area contributed by atoms with Gasteiger partial charge in [0.1, 0.15) is 11.9 Å². The lowest BCUT2D eigenvalue weighted by Crippen LogP contribution is -2.27. The third-order valence-electron chi connectivity index (χ3n) is 3.15. The van der Waals surface area contributed by atoms with Crippen LogP contribution in [0.1, 0.15) is 21.6 Å². The number of anilines is 2. The van der Waals surface area contributed by atoms with E-state index >= 15 is 0 Å². The zero-order chi connectivity index (χ0) is 15.4. The minimum absolute atomic E-state index is 0.181. The molecule has 0 bridgehead atoms. The summed E-state index contributed by atoms with van der Waals surface area (Å²) in [6.45, 7) is 1.83. The van der Waals surface area contributed by atoms with Gasteiger partial charge in [-0.2, -0.15) is 5.26 Å². The second-order valence-corrected chi connectivity index (χ2v) is 4.63. The molecule has 5 nitrogen and oxygen atoms in total. The molecule has 2 rings (SSSR count). The monoisotopic (exact) mass is 280 g/mol. The number of aromatic nitrogens is 1. The van der Waals surface area contributed by atoms with Gasteiger partial charge in [0.2, 0.25) is 0 Å². The molecule has 0 saturated carbocycles. The number of nitrogens with zero attached hydrogens (tertiary/aromatic N) is 3. The molecule has 0 atom stereocenters. The normalized spacial score (nSPS) is 9.81. The predicted molar refractivity (Wildman–Crippen MR) is 82.4 cm³/mol. The fourth-order valence-electron chi connectivity index (χ4n) is 2.08. The van der Waals surface area contributed by atoms with Crippen molar-refractivity contribution < 1.29 is 4.79 Å². The summed E-state index contributed by atoms with van der Waals surface area (Å²) in [5, 5.41) is 12.1. The van der Waals surface area contributed by atoms with Crippen LogP contribution in [-0.4, -0.2) is 25.0 Å². The number of carbonyl (C=O) groups is 1. The molecule has 0 aliphatic heterocycles. The number of nitriles is 1. The highest BCUT2D eigenvalue weighted by Crippen LogP contribution is 2.21. The van der Waals surface area contributed by atoms with E-state index in [-0.39, 0.29) is 5.91 Å². The van der Waals surface area contributed by atoms with Crippen LogP contribution >= 0.6 is 0 Å². The van der Waals surface area contributed by atoms with Crippen LogP contribution in [0.5, 0.6) is 0 Å².